The van der Waals surface area contributed by atoms with Crippen molar-refractivity contribution in [2.24, 2.45) is 0 Å². The van der Waals surface area contributed by atoms with Crippen LogP contribution in [0, 0.1) is 0 Å². The smallest absolute Gasteiger partial charge is 0.319 e. The van der Waals surface area contributed by atoms with Crippen molar-refractivity contribution >= 4 is 17.6 Å². The lowest BCUT2D eigenvalue weighted by Gasteiger charge is -2.26. The largest absolute Gasteiger partial charge is 0.379 e. The fraction of sp³-hybridized carbons (Fsp3) is 0.529. The van der Waals surface area contributed by atoms with E-state index in [-0.39, 0.29) is 11.9 Å². The number of anilines is 1. The summed E-state index contributed by atoms with van der Waals surface area (Å²) in [5.41, 5.74) is 1.28. The van der Waals surface area contributed by atoms with Crippen LogP contribution in [-0.4, -0.2) is 62.3 Å². The number of carbonyl (C=O) groups excluding carboxylic acids is 2. The van der Waals surface area contributed by atoms with Crippen LogP contribution >= 0.6 is 0 Å². The van der Waals surface area contributed by atoms with Crippen LogP contribution in [0.1, 0.15) is 23.2 Å². The van der Waals surface area contributed by atoms with Gasteiger partial charge in [-0.25, -0.2) is 4.79 Å². The van der Waals surface area contributed by atoms with Crippen LogP contribution in [0.4, 0.5) is 10.5 Å². The van der Waals surface area contributed by atoms with E-state index in [9.17, 15) is 9.59 Å². The molecule has 1 aromatic carbocycles. The minimum Gasteiger partial charge on any atom is -0.379 e. The second-order valence-electron chi connectivity index (χ2n) is 6.16. The SMILES string of the molecule is O=C(NCCN1CCOCC1)Nc1ccc(C(=O)NC2CC2)cc1. The van der Waals surface area contributed by atoms with Crippen molar-refractivity contribution in [1.29, 1.82) is 0 Å². The summed E-state index contributed by atoms with van der Waals surface area (Å²) in [6, 6.07) is 7.03. The van der Waals surface area contributed by atoms with Gasteiger partial charge >= 0.3 is 6.03 Å². The first-order valence-electron chi connectivity index (χ1n) is 8.46. The molecule has 1 aliphatic carbocycles. The zero-order valence-corrected chi connectivity index (χ0v) is 13.7. The van der Waals surface area contributed by atoms with Gasteiger partial charge in [-0.15, -0.1) is 0 Å². The van der Waals surface area contributed by atoms with Gasteiger partial charge in [0.25, 0.3) is 5.91 Å². The van der Waals surface area contributed by atoms with E-state index in [1.165, 1.54) is 0 Å². The van der Waals surface area contributed by atoms with Gasteiger partial charge in [0.15, 0.2) is 0 Å². The summed E-state index contributed by atoms with van der Waals surface area (Å²) in [5.74, 6) is -0.0565. The molecule has 24 heavy (non-hydrogen) atoms. The molecule has 0 radical (unpaired) electrons. The number of hydrogen-bond donors (Lipinski definition) is 3. The van der Waals surface area contributed by atoms with E-state index in [1.807, 2.05) is 0 Å². The molecule has 3 amide bonds. The first-order chi connectivity index (χ1) is 11.7. The van der Waals surface area contributed by atoms with Crippen LogP contribution in [0.3, 0.4) is 0 Å². The van der Waals surface area contributed by atoms with Gasteiger partial charge in [-0.1, -0.05) is 0 Å². The maximum atomic E-state index is 11.9. The molecular formula is C17H24N4O3. The van der Waals surface area contributed by atoms with Crippen molar-refractivity contribution in [2.45, 2.75) is 18.9 Å². The van der Waals surface area contributed by atoms with Gasteiger partial charge in [0.1, 0.15) is 0 Å². The van der Waals surface area contributed by atoms with Crippen LogP contribution in [0.25, 0.3) is 0 Å². The maximum Gasteiger partial charge on any atom is 0.319 e. The average molecular weight is 332 g/mol. The highest BCUT2D eigenvalue weighted by molar-refractivity contribution is 5.95. The molecule has 0 bridgehead atoms. The Morgan fingerprint density at radius 3 is 2.50 bits per heavy atom. The Morgan fingerprint density at radius 1 is 1.12 bits per heavy atom. The van der Waals surface area contributed by atoms with Crippen molar-refractivity contribution in [3.63, 3.8) is 0 Å². The van der Waals surface area contributed by atoms with Crippen molar-refractivity contribution in [3.05, 3.63) is 29.8 Å². The molecule has 130 valence electrons. The highest BCUT2D eigenvalue weighted by Gasteiger charge is 2.23. The van der Waals surface area contributed by atoms with Gasteiger partial charge in [-0.05, 0) is 37.1 Å². The topological polar surface area (TPSA) is 82.7 Å². The van der Waals surface area contributed by atoms with Gasteiger partial charge in [-0.2, -0.15) is 0 Å². The van der Waals surface area contributed by atoms with Crippen LogP contribution in [-0.2, 0) is 4.74 Å². The van der Waals surface area contributed by atoms with Crippen molar-refractivity contribution in [3.8, 4) is 0 Å². The molecule has 1 saturated carbocycles. The molecule has 3 rings (SSSR count). The Morgan fingerprint density at radius 2 is 1.83 bits per heavy atom. The molecule has 2 fully saturated rings. The van der Waals surface area contributed by atoms with Crippen molar-refractivity contribution < 1.29 is 14.3 Å². The Balaban J connectivity index is 1.38. The van der Waals surface area contributed by atoms with Gasteiger partial charge in [0.2, 0.25) is 0 Å². The summed E-state index contributed by atoms with van der Waals surface area (Å²) in [7, 11) is 0. The minimum atomic E-state index is -0.238. The lowest BCUT2D eigenvalue weighted by atomic mass is 10.2. The van der Waals surface area contributed by atoms with Crippen molar-refractivity contribution in [2.75, 3.05) is 44.7 Å². The van der Waals surface area contributed by atoms with E-state index in [4.69, 9.17) is 4.74 Å². The number of ether oxygens (including phenoxy) is 1. The standard InChI is InChI=1S/C17H24N4O3/c22-16(19-14-5-6-14)13-1-3-15(4-2-13)20-17(23)18-7-8-21-9-11-24-12-10-21/h1-4,14H,5-12H2,(H,19,22)(H2,18,20,23). The van der Waals surface area contributed by atoms with Gasteiger partial charge in [0.05, 0.1) is 13.2 Å². The molecule has 1 saturated heterocycles. The maximum absolute atomic E-state index is 11.9. The number of morpholine rings is 1. The van der Waals surface area contributed by atoms with E-state index in [1.54, 1.807) is 24.3 Å². The molecule has 7 nitrogen and oxygen atoms in total. The first-order valence-corrected chi connectivity index (χ1v) is 8.46. The number of amides is 3. The van der Waals surface area contributed by atoms with E-state index in [0.717, 1.165) is 45.7 Å². The Labute approximate surface area is 141 Å². The lowest BCUT2D eigenvalue weighted by Crippen LogP contribution is -2.42. The third kappa shape index (κ3) is 5.21. The van der Waals surface area contributed by atoms with E-state index in [0.29, 0.717) is 23.8 Å². The molecule has 2 aliphatic rings. The summed E-state index contributed by atoms with van der Waals surface area (Å²) in [4.78, 5) is 26.0. The molecule has 1 heterocycles. The molecule has 0 atom stereocenters. The van der Waals surface area contributed by atoms with E-state index < -0.39 is 0 Å². The molecule has 7 heteroatoms. The fourth-order valence-electron chi connectivity index (χ4n) is 2.53. The number of nitrogens with zero attached hydrogens (tertiary/aromatic N) is 1. The number of urea groups is 1. The Kier molecular flexibility index (Phi) is 5.66. The van der Waals surface area contributed by atoms with E-state index >= 15 is 0 Å². The summed E-state index contributed by atoms with van der Waals surface area (Å²) in [5, 5.41) is 8.55. The summed E-state index contributed by atoms with van der Waals surface area (Å²) >= 11 is 0. The molecule has 1 aliphatic heterocycles. The van der Waals surface area contributed by atoms with Crippen LogP contribution < -0.4 is 16.0 Å². The second kappa shape index (κ2) is 8.12. The quantitative estimate of drug-likeness (QED) is 0.727. The van der Waals surface area contributed by atoms with Gasteiger partial charge < -0.3 is 20.7 Å². The molecule has 0 unspecified atom stereocenters. The minimum absolute atomic E-state index is 0.0565. The highest BCUT2D eigenvalue weighted by Crippen LogP contribution is 2.19. The van der Waals surface area contributed by atoms with Gasteiger partial charge in [-0.3, -0.25) is 9.69 Å². The number of carbonyl (C=O) groups is 2. The van der Waals surface area contributed by atoms with Crippen LogP contribution in [0.5, 0.6) is 0 Å². The van der Waals surface area contributed by atoms with Gasteiger partial charge in [0, 0.05) is 43.5 Å². The Hall–Kier alpha value is -2.12. The summed E-state index contributed by atoms with van der Waals surface area (Å²) in [6.45, 7) is 4.74. The normalized spacial score (nSPS) is 18.0. The fourth-order valence-corrected chi connectivity index (χ4v) is 2.53. The third-order valence-electron chi connectivity index (χ3n) is 4.13. The lowest BCUT2D eigenvalue weighted by molar-refractivity contribution is 0.0388. The predicted molar refractivity (Wildman–Crippen MR) is 91.2 cm³/mol. The molecule has 0 aromatic heterocycles. The Bertz CT molecular complexity index is 566. The third-order valence-corrected chi connectivity index (χ3v) is 4.13. The molecule has 3 N–H and O–H groups in total. The van der Waals surface area contributed by atoms with Crippen LogP contribution in [0.15, 0.2) is 24.3 Å². The predicted octanol–water partition coefficient (Wildman–Crippen LogP) is 1.03. The number of benzene rings is 1. The molecule has 0 spiro atoms. The number of rotatable bonds is 6. The van der Waals surface area contributed by atoms with Crippen LogP contribution in [0.2, 0.25) is 0 Å². The summed E-state index contributed by atoms with van der Waals surface area (Å²) in [6.07, 6.45) is 2.13. The summed E-state index contributed by atoms with van der Waals surface area (Å²) < 4.78 is 5.29. The highest BCUT2D eigenvalue weighted by atomic mass is 16.5. The first kappa shape index (κ1) is 16.7. The second-order valence-corrected chi connectivity index (χ2v) is 6.16. The number of nitrogens with one attached hydrogen (secondary N) is 3. The molecular weight excluding hydrogens is 308 g/mol. The number of hydrogen-bond acceptors (Lipinski definition) is 4. The monoisotopic (exact) mass is 332 g/mol. The van der Waals surface area contributed by atoms with E-state index in [2.05, 4.69) is 20.9 Å². The zero-order chi connectivity index (χ0) is 16.8. The molecule has 1 aromatic rings. The van der Waals surface area contributed by atoms with Crippen molar-refractivity contribution in [1.82, 2.24) is 15.5 Å². The average Bonchev–Trinajstić information content (AvgIpc) is 3.40. The zero-order valence-electron chi connectivity index (χ0n) is 13.7.